The summed E-state index contributed by atoms with van der Waals surface area (Å²) in [5.41, 5.74) is 5.98. The Balaban J connectivity index is 1.47. The molecule has 20 heavy (non-hydrogen) atoms. The quantitative estimate of drug-likeness (QED) is 0.635. The van der Waals surface area contributed by atoms with E-state index in [0.29, 0.717) is 11.8 Å². The molecule has 0 radical (unpaired) electrons. The van der Waals surface area contributed by atoms with Gasteiger partial charge in [0, 0.05) is 24.9 Å². The van der Waals surface area contributed by atoms with Gasteiger partial charge in [0.1, 0.15) is 0 Å². The first-order valence-electron chi connectivity index (χ1n) is 7.00. The number of amides is 2. The molecule has 1 fully saturated rings. The van der Waals surface area contributed by atoms with Gasteiger partial charge in [0.05, 0.1) is 6.42 Å². The lowest BCUT2D eigenvalue weighted by Gasteiger charge is -2.17. The SMILES string of the molecule is Cn1cccc1CC(=O)NNC(=O)[C@H]1C[C@H]2C=C[C@H]1C2. The highest BCUT2D eigenvalue weighted by Gasteiger charge is 2.39. The molecule has 0 saturated heterocycles. The minimum absolute atomic E-state index is 0.0142. The second-order valence-electron chi connectivity index (χ2n) is 5.71. The van der Waals surface area contributed by atoms with E-state index in [1.165, 1.54) is 0 Å². The first kappa shape index (κ1) is 13.0. The molecule has 5 heteroatoms. The number of aromatic nitrogens is 1. The van der Waals surface area contributed by atoms with Crippen molar-refractivity contribution in [1.29, 1.82) is 0 Å². The second kappa shape index (κ2) is 5.15. The van der Waals surface area contributed by atoms with E-state index in [2.05, 4.69) is 23.0 Å². The van der Waals surface area contributed by atoms with Gasteiger partial charge in [-0.2, -0.15) is 0 Å². The predicted octanol–water partition coefficient (Wildman–Crippen LogP) is 0.927. The fourth-order valence-electron chi connectivity index (χ4n) is 3.20. The maximum atomic E-state index is 12.0. The summed E-state index contributed by atoms with van der Waals surface area (Å²) in [4.78, 5) is 23.8. The molecule has 0 unspecified atom stereocenters. The highest BCUT2D eigenvalue weighted by molar-refractivity contribution is 5.84. The van der Waals surface area contributed by atoms with Crippen LogP contribution in [0.5, 0.6) is 0 Å². The molecular formula is C15H19N3O2. The van der Waals surface area contributed by atoms with Crippen molar-refractivity contribution in [2.75, 3.05) is 0 Å². The van der Waals surface area contributed by atoms with Crippen LogP contribution in [-0.2, 0) is 23.1 Å². The molecule has 2 aliphatic rings. The van der Waals surface area contributed by atoms with Crippen molar-refractivity contribution in [1.82, 2.24) is 15.4 Å². The van der Waals surface area contributed by atoms with Crippen molar-refractivity contribution < 1.29 is 9.59 Å². The predicted molar refractivity (Wildman–Crippen MR) is 74.2 cm³/mol. The molecule has 2 bridgehead atoms. The van der Waals surface area contributed by atoms with Gasteiger partial charge in [-0.3, -0.25) is 20.4 Å². The fourth-order valence-corrected chi connectivity index (χ4v) is 3.20. The van der Waals surface area contributed by atoms with E-state index in [4.69, 9.17) is 0 Å². The second-order valence-corrected chi connectivity index (χ2v) is 5.71. The minimum Gasteiger partial charge on any atom is -0.354 e. The lowest BCUT2D eigenvalue weighted by molar-refractivity contribution is -0.131. The molecule has 2 amide bonds. The molecule has 3 rings (SSSR count). The van der Waals surface area contributed by atoms with Crippen molar-refractivity contribution in [2.45, 2.75) is 19.3 Å². The van der Waals surface area contributed by atoms with Crippen LogP contribution < -0.4 is 10.9 Å². The zero-order chi connectivity index (χ0) is 14.1. The summed E-state index contributed by atoms with van der Waals surface area (Å²) in [5.74, 6) is 0.654. The van der Waals surface area contributed by atoms with E-state index in [-0.39, 0.29) is 24.2 Å². The average Bonchev–Trinajstić information content (AvgIpc) is 3.14. The smallest absolute Gasteiger partial charge is 0.244 e. The van der Waals surface area contributed by atoms with Crippen LogP contribution in [0.3, 0.4) is 0 Å². The molecule has 1 aromatic heterocycles. The summed E-state index contributed by atoms with van der Waals surface area (Å²) in [7, 11) is 1.89. The number of hydrazine groups is 1. The number of aryl methyl sites for hydroxylation is 1. The van der Waals surface area contributed by atoms with Crippen LogP contribution >= 0.6 is 0 Å². The third kappa shape index (κ3) is 2.48. The monoisotopic (exact) mass is 273 g/mol. The Kier molecular flexibility index (Phi) is 3.34. The van der Waals surface area contributed by atoms with Crippen molar-refractivity contribution in [3.63, 3.8) is 0 Å². The Morgan fingerprint density at radius 3 is 2.75 bits per heavy atom. The molecule has 0 spiro atoms. The van der Waals surface area contributed by atoms with Crippen LogP contribution in [0.15, 0.2) is 30.5 Å². The molecule has 3 atom stereocenters. The maximum absolute atomic E-state index is 12.0. The zero-order valence-electron chi connectivity index (χ0n) is 11.5. The molecule has 0 aliphatic heterocycles. The van der Waals surface area contributed by atoms with E-state index in [0.717, 1.165) is 18.5 Å². The summed E-state index contributed by atoms with van der Waals surface area (Å²) in [6.45, 7) is 0. The summed E-state index contributed by atoms with van der Waals surface area (Å²) in [6, 6.07) is 3.78. The van der Waals surface area contributed by atoms with E-state index in [1.807, 2.05) is 29.9 Å². The van der Waals surface area contributed by atoms with Gasteiger partial charge in [0.15, 0.2) is 0 Å². The lowest BCUT2D eigenvalue weighted by Crippen LogP contribution is -2.46. The Bertz CT molecular complexity index is 561. The molecule has 2 aliphatic carbocycles. The Morgan fingerprint density at radius 2 is 2.15 bits per heavy atom. The van der Waals surface area contributed by atoms with Crippen molar-refractivity contribution >= 4 is 11.8 Å². The van der Waals surface area contributed by atoms with Crippen LogP contribution in [-0.4, -0.2) is 16.4 Å². The number of hydrogen-bond donors (Lipinski definition) is 2. The van der Waals surface area contributed by atoms with E-state index in [9.17, 15) is 9.59 Å². The van der Waals surface area contributed by atoms with Crippen LogP contribution in [0.25, 0.3) is 0 Å². The first-order chi connectivity index (χ1) is 9.63. The molecule has 5 nitrogen and oxygen atoms in total. The number of fused-ring (bicyclic) bond motifs is 2. The molecule has 106 valence electrons. The third-order valence-electron chi connectivity index (χ3n) is 4.33. The largest absolute Gasteiger partial charge is 0.354 e. The lowest BCUT2D eigenvalue weighted by atomic mass is 9.93. The average molecular weight is 273 g/mol. The maximum Gasteiger partial charge on any atom is 0.244 e. The number of nitrogens with zero attached hydrogens (tertiary/aromatic N) is 1. The molecule has 1 heterocycles. The minimum atomic E-state index is -0.196. The fraction of sp³-hybridized carbons (Fsp3) is 0.467. The molecule has 1 saturated carbocycles. The summed E-state index contributed by atoms with van der Waals surface area (Å²) < 4.78 is 1.89. The topological polar surface area (TPSA) is 63.1 Å². The van der Waals surface area contributed by atoms with E-state index >= 15 is 0 Å². The summed E-state index contributed by atoms with van der Waals surface area (Å²) in [6.07, 6.45) is 8.46. The third-order valence-corrected chi connectivity index (χ3v) is 4.33. The van der Waals surface area contributed by atoms with Gasteiger partial charge in [0.25, 0.3) is 0 Å². The number of allylic oxidation sites excluding steroid dienone is 2. The Labute approximate surface area is 118 Å². The molecule has 0 aromatic carbocycles. The Morgan fingerprint density at radius 1 is 1.30 bits per heavy atom. The summed E-state index contributed by atoms with van der Waals surface area (Å²) >= 11 is 0. The van der Waals surface area contributed by atoms with Crippen molar-refractivity contribution in [3.8, 4) is 0 Å². The van der Waals surface area contributed by atoms with Gasteiger partial charge in [-0.25, -0.2) is 0 Å². The number of carbonyl (C=O) groups is 2. The summed E-state index contributed by atoms with van der Waals surface area (Å²) in [5, 5.41) is 0. The molecular weight excluding hydrogens is 254 g/mol. The van der Waals surface area contributed by atoms with Crippen molar-refractivity contribution in [2.24, 2.45) is 24.8 Å². The van der Waals surface area contributed by atoms with E-state index < -0.39 is 0 Å². The highest BCUT2D eigenvalue weighted by atomic mass is 16.2. The van der Waals surface area contributed by atoms with Crippen LogP contribution in [0.2, 0.25) is 0 Å². The highest BCUT2D eigenvalue weighted by Crippen LogP contribution is 2.43. The number of carbonyl (C=O) groups excluding carboxylic acids is 2. The van der Waals surface area contributed by atoms with Crippen molar-refractivity contribution in [3.05, 3.63) is 36.2 Å². The standard InChI is InChI=1S/C15H19N3O2/c1-18-6-2-3-12(18)9-14(19)16-17-15(20)13-8-10-4-5-11(13)7-10/h2-6,10-11,13H,7-9H2,1H3,(H,16,19)(H,17,20)/t10-,11-,13-/m0/s1. The Hall–Kier alpha value is -2.04. The van der Waals surface area contributed by atoms with Gasteiger partial charge in [-0.15, -0.1) is 0 Å². The van der Waals surface area contributed by atoms with Gasteiger partial charge in [0.2, 0.25) is 11.8 Å². The van der Waals surface area contributed by atoms with Gasteiger partial charge >= 0.3 is 0 Å². The first-order valence-corrected chi connectivity index (χ1v) is 7.00. The van der Waals surface area contributed by atoms with Crippen LogP contribution in [0, 0.1) is 17.8 Å². The normalized spacial score (nSPS) is 26.8. The van der Waals surface area contributed by atoms with Gasteiger partial charge < -0.3 is 4.57 Å². The zero-order valence-corrected chi connectivity index (χ0v) is 11.5. The van der Waals surface area contributed by atoms with E-state index in [1.54, 1.807) is 0 Å². The molecule has 2 N–H and O–H groups in total. The van der Waals surface area contributed by atoms with Gasteiger partial charge in [-0.1, -0.05) is 12.2 Å². The van der Waals surface area contributed by atoms with Crippen LogP contribution in [0.1, 0.15) is 18.5 Å². The van der Waals surface area contributed by atoms with Gasteiger partial charge in [-0.05, 0) is 36.8 Å². The number of nitrogens with one attached hydrogen (secondary N) is 2. The number of hydrogen-bond acceptors (Lipinski definition) is 2. The van der Waals surface area contributed by atoms with Crippen LogP contribution in [0.4, 0.5) is 0 Å². The number of rotatable bonds is 3. The molecule has 1 aromatic rings.